The molecule has 2 fully saturated rings. The summed E-state index contributed by atoms with van der Waals surface area (Å²) in [7, 11) is 0. The van der Waals surface area contributed by atoms with Gasteiger partial charge in [0.2, 0.25) is 5.91 Å². The molecule has 1 heterocycles. The highest BCUT2D eigenvalue weighted by molar-refractivity contribution is 5.81. The molecule has 2 N–H and O–H groups in total. The molecule has 0 radical (unpaired) electrons. The zero-order valence-corrected chi connectivity index (χ0v) is 13.7. The van der Waals surface area contributed by atoms with E-state index in [1.165, 1.54) is 19.3 Å². The van der Waals surface area contributed by atoms with E-state index in [0.29, 0.717) is 12.0 Å². The van der Waals surface area contributed by atoms with Crippen LogP contribution in [0.3, 0.4) is 0 Å². The first-order valence-electron chi connectivity index (χ1n) is 8.86. The summed E-state index contributed by atoms with van der Waals surface area (Å²) < 4.78 is 0. The Morgan fingerprint density at radius 2 is 1.95 bits per heavy atom. The average Bonchev–Trinajstić information content (AvgIpc) is 2.52. The normalized spacial score (nSPS) is 32.6. The van der Waals surface area contributed by atoms with Crippen molar-refractivity contribution in [3.8, 4) is 0 Å². The average molecular weight is 296 g/mol. The fraction of sp³-hybridized carbons (Fsp3) is 0.941. The molecule has 0 aromatic carbocycles. The quantitative estimate of drug-likeness (QED) is 0.818. The van der Waals surface area contributed by atoms with Crippen LogP contribution in [0.5, 0.6) is 0 Å². The molecule has 1 amide bonds. The molecule has 2 rings (SSSR count). The molecule has 4 heteroatoms. The minimum absolute atomic E-state index is 0.0732. The summed E-state index contributed by atoms with van der Waals surface area (Å²) in [6.07, 6.45) is 8.76. The summed E-state index contributed by atoms with van der Waals surface area (Å²) in [5.41, 5.74) is 0. The number of likely N-dealkylation sites (tertiary alicyclic amines) is 1. The number of piperidine rings is 1. The second-order valence-electron chi connectivity index (χ2n) is 6.78. The lowest BCUT2D eigenvalue weighted by atomic mass is 9.77. The number of nitrogens with zero attached hydrogens (tertiary/aromatic N) is 1. The van der Waals surface area contributed by atoms with E-state index < -0.39 is 0 Å². The van der Waals surface area contributed by atoms with Crippen molar-refractivity contribution in [2.75, 3.05) is 13.1 Å². The molecule has 2 aliphatic rings. The zero-order valence-electron chi connectivity index (χ0n) is 13.7. The van der Waals surface area contributed by atoms with Gasteiger partial charge in [0, 0.05) is 18.5 Å². The van der Waals surface area contributed by atoms with Gasteiger partial charge in [-0.2, -0.15) is 0 Å². The number of hydrogen-bond acceptors (Lipinski definition) is 3. The molecule has 1 saturated heterocycles. The molecule has 0 bridgehead atoms. The molecule has 0 aromatic rings. The molecule has 1 aliphatic heterocycles. The molecule has 1 aliphatic carbocycles. The summed E-state index contributed by atoms with van der Waals surface area (Å²) in [4.78, 5) is 14.7. The van der Waals surface area contributed by atoms with Gasteiger partial charge in [-0.3, -0.25) is 9.69 Å². The Balaban J connectivity index is 2.02. The van der Waals surface area contributed by atoms with E-state index in [9.17, 15) is 9.90 Å². The van der Waals surface area contributed by atoms with Gasteiger partial charge in [-0.05, 0) is 45.6 Å². The maximum atomic E-state index is 12.3. The summed E-state index contributed by atoms with van der Waals surface area (Å²) in [6, 6.07) is 0.312. The third-order valence-electron chi connectivity index (χ3n) is 5.29. The fourth-order valence-corrected chi connectivity index (χ4v) is 4.06. The Morgan fingerprint density at radius 1 is 1.24 bits per heavy atom. The van der Waals surface area contributed by atoms with Gasteiger partial charge < -0.3 is 10.4 Å². The van der Waals surface area contributed by atoms with Crippen LogP contribution in [0.1, 0.15) is 65.2 Å². The monoisotopic (exact) mass is 296 g/mol. The lowest BCUT2D eigenvalue weighted by Crippen LogP contribution is -2.56. The van der Waals surface area contributed by atoms with E-state index in [2.05, 4.69) is 17.1 Å². The van der Waals surface area contributed by atoms with Crippen LogP contribution in [0, 0.1) is 5.92 Å². The smallest absolute Gasteiger partial charge is 0.237 e. The molecule has 4 atom stereocenters. The van der Waals surface area contributed by atoms with Crippen molar-refractivity contribution in [2.45, 2.75) is 83.4 Å². The van der Waals surface area contributed by atoms with Gasteiger partial charge in [0.05, 0.1) is 12.1 Å². The van der Waals surface area contributed by atoms with Crippen LogP contribution < -0.4 is 5.32 Å². The largest absolute Gasteiger partial charge is 0.393 e. The number of nitrogens with one attached hydrogen (secondary N) is 1. The van der Waals surface area contributed by atoms with Crippen molar-refractivity contribution in [3.05, 3.63) is 0 Å². The Morgan fingerprint density at radius 3 is 2.67 bits per heavy atom. The first-order valence-corrected chi connectivity index (χ1v) is 8.86. The van der Waals surface area contributed by atoms with Crippen molar-refractivity contribution in [1.29, 1.82) is 0 Å². The van der Waals surface area contributed by atoms with Crippen molar-refractivity contribution < 1.29 is 9.90 Å². The lowest BCUT2D eigenvalue weighted by Gasteiger charge is -2.45. The number of aliphatic hydroxyl groups excluding tert-OH is 1. The Bertz CT molecular complexity index is 335. The summed E-state index contributed by atoms with van der Waals surface area (Å²) in [5, 5.41) is 13.4. The number of hydrogen-bond donors (Lipinski definition) is 2. The number of rotatable bonds is 5. The zero-order chi connectivity index (χ0) is 15.2. The third-order valence-corrected chi connectivity index (χ3v) is 5.29. The summed E-state index contributed by atoms with van der Waals surface area (Å²) in [6.45, 7) is 5.86. The molecular weight excluding hydrogens is 264 g/mol. The van der Waals surface area contributed by atoms with Crippen LogP contribution in [0.2, 0.25) is 0 Å². The van der Waals surface area contributed by atoms with Gasteiger partial charge in [0.25, 0.3) is 0 Å². The van der Waals surface area contributed by atoms with Crippen LogP contribution in [0.4, 0.5) is 0 Å². The topological polar surface area (TPSA) is 52.6 Å². The minimum Gasteiger partial charge on any atom is -0.393 e. The molecule has 0 aromatic heterocycles. The van der Waals surface area contributed by atoms with E-state index >= 15 is 0 Å². The van der Waals surface area contributed by atoms with Gasteiger partial charge in [0.1, 0.15) is 0 Å². The maximum Gasteiger partial charge on any atom is 0.237 e. The molecule has 1 saturated carbocycles. The molecule has 0 spiro atoms. The van der Waals surface area contributed by atoms with Crippen LogP contribution >= 0.6 is 0 Å². The Kier molecular flexibility index (Phi) is 6.49. The second kappa shape index (κ2) is 8.14. The van der Waals surface area contributed by atoms with E-state index in [4.69, 9.17) is 0 Å². The van der Waals surface area contributed by atoms with Crippen molar-refractivity contribution in [3.63, 3.8) is 0 Å². The number of aliphatic hydroxyl groups is 1. The highest BCUT2D eigenvalue weighted by Gasteiger charge is 2.38. The standard InChI is InChI=1S/C17H32N2O2/c1-3-11-18-17(21)13(2)19-12-7-6-9-15(19)14-8-4-5-10-16(14)20/h13-16,20H,3-12H2,1-2H3,(H,18,21). The molecular formula is C17H32N2O2. The van der Waals surface area contributed by atoms with Gasteiger partial charge in [-0.1, -0.05) is 26.2 Å². The third kappa shape index (κ3) is 4.19. The fourth-order valence-electron chi connectivity index (χ4n) is 4.06. The van der Waals surface area contributed by atoms with Crippen molar-refractivity contribution in [1.82, 2.24) is 10.2 Å². The number of amides is 1. The van der Waals surface area contributed by atoms with E-state index in [0.717, 1.165) is 45.2 Å². The van der Waals surface area contributed by atoms with Crippen LogP contribution in [0.15, 0.2) is 0 Å². The summed E-state index contributed by atoms with van der Waals surface area (Å²) in [5.74, 6) is 0.509. The van der Waals surface area contributed by atoms with Crippen LogP contribution in [0.25, 0.3) is 0 Å². The SMILES string of the molecule is CCCNC(=O)C(C)N1CCCCC1C1CCCCC1O. The van der Waals surface area contributed by atoms with Crippen LogP contribution in [-0.2, 0) is 4.79 Å². The van der Waals surface area contributed by atoms with Crippen LogP contribution in [-0.4, -0.2) is 47.2 Å². The van der Waals surface area contributed by atoms with Gasteiger partial charge in [-0.15, -0.1) is 0 Å². The number of carbonyl (C=O) groups is 1. The predicted molar refractivity (Wildman–Crippen MR) is 85.1 cm³/mol. The second-order valence-corrected chi connectivity index (χ2v) is 6.78. The van der Waals surface area contributed by atoms with Crippen molar-refractivity contribution >= 4 is 5.91 Å². The highest BCUT2D eigenvalue weighted by atomic mass is 16.3. The molecule has 4 nitrogen and oxygen atoms in total. The lowest BCUT2D eigenvalue weighted by molar-refractivity contribution is -0.129. The van der Waals surface area contributed by atoms with E-state index in [1.807, 2.05) is 6.92 Å². The predicted octanol–water partition coefficient (Wildman–Crippen LogP) is 2.31. The molecule has 21 heavy (non-hydrogen) atoms. The van der Waals surface area contributed by atoms with Gasteiger partial charge in [-0.25, -0.2) is 0 Å². The maximum absolute atomic E-state index is 12.3. The van der Waals surface area contributed by atoms with Crippen molar-refractivity contribution in [2.24, 2.45) is 5.92 Å². The van der Waals surface area contributed by atoms with Gasteiger partial charge >= 0.3 is 0 Å². The molecule has 122 valence electrons. The van der Waals surface area contributed by atoms with E-state index in [1.54, 1.807) is 0 Å². The Hall–Kier alpha value is -0.610. The minimum atomic E-state index is -0.171. The molecule has 4 unspecified atom stereocenters. The number of carbonyl (C=O) groups excluding carboxylic acids is 1. The first kappa shape index (κ1) is 16.8. The van der Waals surface area contributed by atoms with E-state index in [-0.39, 0.29) is 18.1 Å². The highest BCUT2D eigenvalue weighted by Crippen LogP contribution is 2.34. The van der Waals surface area contributed by atoms with Gasteiger partial charge in [0.15, 0.2) is 0 Å². The Labute approximate surface area is 129 Å². The summed E-state index contributed by atoms with van der Waals surface area (Å²) >= 11 is 0. The first-order chi connectivity index (χ1) is 10.1.